The molecule has 1 heterocycles. The smallest absolute Gasteiger partial charge is 0.299 e. The van der Waals surface area contributed by atoms with Crippen LogP contribution in [0.3, 0.4) is 0 Å². The normalized spacial score (nSPS) is 13.3. The Bertz CT molecular complexity index is 866. The third kappa shape index (κ3) is 4.37. The van der Waals surface area contributed by atoms with Crippen molar-refractivity contribution in [3.05, 3.63) is 65.7 Å². The first-order chi connectivity index (χ1) is 11.3. The van der Waals surface area contributed by atoms with Gasteiger partial charge in [-0.1, -0.05) is 24.3 Å². The maximum Gasteiger partial charge on any atom is 0.299 e. The molecule has 1 aliphatic rings. The summed E-state index contributed by atoms with van der Waals surface area (Å²) in [6, 6.07) is 8.12. The summed E-state index contributed by atoms with van der Waals surface area (Å²) in [5, 5.41) is 0. The number of benzene rings is 2. The number of hydrogen-bond acceptors (Lipinski definition) is 4. The molecule has 0 aromatic heterocycles. The molecule has 0 bridgehead atoms. The standard InChI is InChI=1S/C9H8O.C7H6F2O3S/c1-2-6-9-8(4-1)5-3-7-10-9;1-12-13(10,11)7-4-5(8)2-3-6(7)9/h1-6H,7H2;2-4H,1H3/i4D;. The lowest BCUT2D eigenvalue weighted by Gasteiger charge is -2.10. The van der Waals surface area contributed by atoms with E-state index in [2.05, 4.69) is 4.18 Å². The van der Waals surface area contributed by atoms with Crippen molar-refractivity contribution in [2.45, 2.75) is 4.90 Å². The number of ether oxygens (including phenoxy) is 1. The van der Waals surface area contributed by atoms with Crippen LogP contribution in [-0.2, 0) is 14.3 Å². The van der Waals surface area contributed by atoms with Gasteiger partial charge in [-0.05, 0) is 30.3 Å². The van der Waals surface area contributed by atoms with E-state index < -0.39 is 26.6 Å². The molecular weight excluding hydrogens is 326 g/mol. The van der Waals surface area contributed by atoms with E-state index in [9.17, 15) is 17.2 Å². The Morgan fingerprint density at radius 2 is 2.04 bits per heavy atom. The zero-order valence-corrected chi connectivity index (χ0v) is 12.9. The van der Waals surface area contributed by atoms with Crippen molar-refractivity contribution < 1.29 is 27.5 Å². The van der Waals surface area contributed by atoms with Gasteiger partial charge >= 0.3 is 0 Å². The molecule has 2 aromatic rings. The van der Waals surface area contributed by atoms with Crippen LogP contribution < -0.4 is 4.74 Å². The van der Waals surface area contributed by atoms with Gasteiger partial charge in [0.25, 0.3) is 10.1 Å². The van der Waals surface area contributed by atoms with E-state index in [4.69, 9.17) is 6.11 Å². The number of hydrogen-bond donors (Lipinski definition) is 0. The number of halogens is 2. The summed E-state index contributed by atoms with van der Waals surface area (Å²) < 4.78 is 64.1. The molecule has 122 valence electrons. The number of fused-ring (bicyclic) bond motifs is 1. The van der Waals surface area contributed by atoms with Crippen molar-refractivity contribution in [2.24, 2.45) is 0 Å². The molecule has 3 rings (SSSR count). The van der Waals surface area contributed by atoms with Crippen molar-refractivity contribution in [1.29, 1.82) is 0 Å². The molecule has 0 saturated carbocycles. The Hall–Kier alpha value is -2.25. The molecule has 0 fully saturated rings. The largest absolute Gasteiger partial charge is 0.489 e. The van der Waals surface area contributed by atoms with Gasteiger partial charge in [0.15, 0.2) is 0 Å². The first-order valence-electron chi connectivity index (χ1n) is 7.00. The molecule has 0 N–H and O–H groups in total. The average Bonchev–Trinajstić information content (AvgIpc) is 2.58. The molecule has 0 spiro atoms. The van der Waals surface area contributed by atoms with Crippen LogP contribution >= 0.6 is 0 Å². The van der Waals surface area contributed by atoms with Crippen LogP contribution in [-0.4, -0.2) is 22.1 Å². The van der Waals surface area contributed by atoms with Crippen molar-refractivity contribution in [3.63, 3.8) is 0 Å². The quantitative estimate of drug-likeness (QED) is 0.786. The van der Waals surface area contributed by atoms with Gasteiger partial charge in [0.2, 0.25) is 0 Å². The number of rotatable bonds is 2. The Kier molecular flexibility index (Phi) is 4.99. The molecule has 0 radical (unpaired) electrons. The second-order valence-corrected chi connectivity index (χ2v) is 6.04. The second kappa shape index (κ2) is 7.34. The fourth-order valence-corrected chi connectivity index (χ4v) is 2.50. The minimum atomic E-state index is -4.17. The highest BCUT2D eigenvalue weighted by molar-refractivity contribution is 7.86. The zero-order valence-electron chi connectivity index (χ0n) is 13.1. The van der Waals surface area contributed by atoms with Gasteiger partial charge < -0.3 is 4.74 Å². The lowest BCUT2D eigenvalue weighted by molar-refractivity contribution is 0.358. The van der Waals surface area contributed by atoms with Crippen LogP contribution in [0.1, 0.15) is 6.93 Å². The van der Waals surface area contributed by atoms with E-state index in [0.29, 0.717) is 18.7 Å². The number of para-hydroxylation sites is 1. The monoisotopic (exact) mass is 341 g/mol. The van der Waals surface area contributed by atoms with Crippen LogP contribution in [0.4, 0.5) is 8.78 Å². The van der Waals surface area contributed by atoms with Gasteiger partial charge in [-0.15, -0.1) is 0 Å². The molecule has 1 aliphatic heterocycles. The Labute approximate surface area is 134 Å². The third-order valence-corrected chi connectivity index (χ3v) is 4.14. The van der Waals surface area contributed by atoms with Crippen LogP contribution in [0.15, 0.2) is 53.4 Å². The van der Waals surface area contributed by atoms with E-state index in [1.807, 2.05) is 24.3 Å². The Morgan fingerprint density at radius 3 is 2.74 bits per heavy atom. The highest BCUT2D eigenvalue weighted by Gasteiger charge is 2.18. The SMILES string of the molecule is COS(=O)(=O)c1cc(F)ccc1F.[2H]c1cccc2c1C=CCO2. The first kappa shape index (κ1) is 15.6. The summed E-state index contributed by atoms with van der Waals surface area (Å²) >= 11 is 0. The van der Waals surface area contributed by atoms with Crippen LogP contribution in [0.5, 0.6) is 5.75 Å². The summed E-state index contributed by atoms with van der Waals surface area (Å²) in [5.41, 5.74) is 0.888. The maximum absolute atomic E-state index is 12.8. The van der Waals surface area contributed by atoms with Crippen molar-refractivity contribution >= 4 is 16.2 Å². The highest BCUT2D eigenvalue weighted by Crippen LogP contribution is 2.22. The van der Waals surface area contributed by atoms with Crippen molar-refractivity contribution in [2.75, 3.05) is 13.7 Å². The summed E-state index contributed by atoms with van der Waals surface area (Å²) in [6.45, 7) is 0.621. The summed E-state index contributed by atoms with van der Waals surface area (Å²) in [4.78, 5) is -0.796. The lowest BCUT2D eigenvalue weighted by atomic mass is 10.1. The molecule has 23 heavy (non-hydrogen) atoms. The lowest BCUT2D eigenvalue weighted by Crippen LogP contribution is -2.05. The Morgan fingerprint density at radius 1 is 1.26 bits per heavy atom. The van der Waals surface area contributed by atoms with Gasteiger partial charge in [0, 0.05) is 5.56 Å². The molecule has 2 aromatic carbocycles. The minimum absolute atomic E-state index is 0.526. The summed E-state index contributed by atoms with van der Waals surface area (Å²) in [5.74, 6) is -1.06. The second-order valence-electron chi connectivity index (χ2n) is 4.36. The topological polar surface area (TPSA) is 52.6 Å². The van der Waals surface area contributed by atoms with Crippen molar-refractivity contribution in [1.82, 2.24) is 0 Å². The average molecular weight is 341 g/mol. The molecular formula is C16H14F2O4S. The van der Waals surface area contributed by atoms with Crippen LogP contribution in [0.2, 0.25) is 0 Å². The fourth-order valence-electron chi connectivity index (χ4n) is 1.75. The molecule has 0 saturated heterocycles. The predicted octanol–water partition coefficient (Wildman–Crippen LogP) is 3.39. The third-order valence-electron chi connectivity index (χ3n) is 2.85. The molecule has 0 amide bonds. The predicted molar refractivity (Wildman–Crippen MR) is 81.5 cm³/mol. The molecule has 0 aliphatic carbocycles. The molecule has 7 heteroatoms. The van der Waals surface area contributed by atoms with E-state index in [0.717, 1.165) is 30.6 Å². The molecule has 4 nitrogen and oxygen atoms in total. The molecule has 0 atom stereocenters. The Balaban J connectivity index is 0.000000175. The fraction of sp³-hybridized carbons (Fsp3) is 0.125. The summed E-state index contributed by atoms with van der Waals surface area (Å²) in [6.07, 6.45) is 3.85. The highest BCUT2D eigenvalue weighted by atomic mass is 32.2. The van der Waals surface area contributed by atoms with E-state index in [1.165, 1.54) is 0 Å². The van der Waals surface area contributed by atoms with Gasteiger partial charge in [0.05, 0.1) is 8.48 Å². The van der Waals surface area contributed by atoms with Crippen LogP contribution in [0.25, 0.3) is 6.08 Å². The van der Waals surface area contributed by atoms with Crippen molar-refractivity contribution in [3.8, 4) is 5.75 Å². The zero-order chi connectivity index (χ0) is 17.7. The van der Waals surface area contributed by atoms with Crippen LogP contribution in [0, 0.1) is 11.6 Å². The van der Waals surface area contributed by atoms with E-state index in [-0.39, 0.29) is 0 Å². The maximum atomic E-state index is 12.8. The minimum Gasteiger partial charge on any atom is -0.489 e. The van der Waals surface area contributed by atoms with E-state index >= 15 is 0 Å². The van der Waals surface area contributed by atoms with Gasteiger partial charge in [-0.25, -0.2) is 8.78 Å². The van der Waals surface area contributed by atoms with Gasteiger partial charge in [-0.2, -0.15) is 8.42 Å². The first-order valence-corrected chi connectivity index (χ1v) is 7.90. The van der Waals surface area contributed by atoms with E-state index in [1.54, 1.807) is 6.07 Å². The molecule has 0 unspecified atom stereocenters. The summed E-state index contributed by atoms with van der Waals surface area (Å²) in [7, 11) is -3.29. The van der Waals surface area contributed by atoms with Gasteiger partial charge in [-0.3, -0.25) is 4.18 Å². The van der Waals surface area contributed by atoms with Gasteiger partial charge in [0.1, 0.15) is 28.9 Å².